The van der Waals surface area contributed by atoms with Crippen LogP contribution < -0.4 is 11.2 Å². The number of hydrogen-bond donors (Lipinski definition) is 2. The Labute approximate surface area is 185 Å². The maximum Gasteiger partial charge on any atom is 0.324 e. The van der Waals surface area contributed by atoms with Gasteiger partial charge in [0.1, 0.15) is 0 Å². The Morgan fingerprint density at radius 3 is 2.61 bits per heavy atom. The standard InChI is InChI=1S/C18H25N7O4S2/c1-3-23(4-2)31(28,29)14-8-5-7-13(11-14)16-21-22-18(25(16)19)30-10-6-9-24-15(26)12-20-17(24)27/h5,7-8,11H,3-4,6,9-10,12,19H2,1-2H3,(H,20,27). The zero-order valence-electron chi connectivity index (χ0n) is 17.3. The molecule has 0 radical (unpaired) electrons. The summed E-state index contributed by atoms with van der Waals surface area (Å²) in [6.07, 6.45) is 0.573. The van der Waals surface area contributed by atoms with E-state index < -0.39 is 10.0 Å². The zero-order valence-corrected chi connectivity index (χ0v) is 18.9. The van der Waals surface area contributed by atoms with Crippen LogP contribution in [-0.2, 0) is 14.8 Å². The molecule has 0 atom stereocenters. The van der Waals surface area contributed by atoms with E-state index in [1.54, 1.807) is 32.0 Å². The first kappa shape index (κ1) is 23.0. The molecule has 2 heterocycles. The van der Waals surface area contributed by atoms with Crippen LogP contribution in [0.2, 0.25) is 0 Å². The molecule has 1 aliphatic heterocycles. The van der Waals surface area contributed by atoms with E-state index in [4.69, 9.17) is 5.84 Å². The summed E-state index contributed by atoms with van der Waals surface area (Å²) < 4.78 is 28.3. The highest BCUT2D eigenvalue weighted by atomic mass is 32.2. The number of benzene rings is 1. The Bertz CT molecular complexity index is 1050. The smallest absolute Gasteiger partial charge is 0.324 e. The molecule has 0 saturated carbocycles. The topological polar surface area (TPSA) is 144 Å². The number of hydrogen-bond acceptors (Lipinski definition) is 8. The van der Waals surface area contributed by atoms with E-state index in [0.717, 1.165) is 0 Å². The summed E-state index contributed by atoms with van der Waals surface area (Å²) >= 11 is 1.34. The summed E-state index contributed by atoms with van der Waals surface area (Å²) in [6.45, 7) is 4.68. The maximum absolute atomic E-state index is 12.8. The van der Waals surface area contributed by atoms with Crippen LogP contribution in [0, 0.1) is 0 Å². The number of nitrogens with two attached hydrogens (primary N) is 1. The molecular weight excluding hydrogens is 442 g/mol. The molecule has 1 fully saturated rings. The number of carbonyl (C=O) groups is 2. The molecule has 168 valence electrons. The van der Waals surface area contributed by atoms with Gasteiger partial charge < -0.3 is 11.2 Å². The largest absolute Gasteiger partial charge is 0.335 e. The van der Waals surface area contributed by atoms with Gasteiger partial charge in [0, 0.05) is 31.0 Å². The van der Waals surface area contributed by atoms with Gasteiger partial charge in [0.15, 0.2) is 5.82 Å². The van der Waals surface area contributed by atoms with E-state index in [1.165, 1.54) is 31.7 Å². The quantitative estimate of drug-likeness (QED) is 0.225. The van der Waals surface area contributed by atoms with Crippen LogP contribution in [0.25, 0.3) is 11.4 Å². The molecule has 1 saturated heterocycles. The van der Waals surface area contributed by atoms with Crippen LogP contribution in [0.5, 0.6) is 0 Å². The van der Waals surface area contributed by atoms with Crippen molar-refractivity contribution in [2.24, 2.45) is 0 Å². The fourth-order valence-electron chi connectivity index (χ4n) is 3.15. The number of amides is 3. The minimum Gasteiger partial charge on any atom is -0.335 e. The van der Waals surface area contributed by atoms with Crippen LogP contribution in [0.1, 0.15) is 20.3 Å². The van der Waals surface area contributed by atoms with Crippen molar-refractivity contribution in [3.05, 3.63) is 24.3 Å². The minimum absolute atomic E-state index is 0.0372. The predicted octanol–water partition coefficient (Wildman–Crippen LogP) is 0.723. The Balaban J connectivity index is 1.69. The number of aromatic nitrogens is 3. The first-order valence-corrected chi connectivity index (χ1v) is 12.2. The molecule has 3 rings (SSSR count). The minimum atomic E-state index is -3.61. The third-order valence-electron chi connectivity index (χ3n) is 4.79. The molecule has 0 spiro atoms. The second-order valence-electron chi connectivity index (χ2n) is 6.70. The van der Waals surface area contributed by atoms with Gasteiger partial charge in [0.25, 0.3) is 0 Å². The molecule has 11 nitrogen and oxygen atoms in total. The molecule has 0 aliphatic carbocycles. The number of nitrogens with one attached hydrogen (secondary N) is 1. The fourth-order valence-corrected chi connectivity index (χ4v) is 5.43. The second kappa shape index (κ2) is 9.66. The van der Waals surface area contributed by atoms with Crippen LogP contribution in [-0.4, -0.2) is 76.4 Å². The molecular formula is C18H25N7O4S2. The Kier molecular flexibility index (Phi) is 7.18. The van der Waals surface area contributed by atoms with Crippen molar-refractivity contribution in [3.63, 3.8) is 0 Å². The highest BCUT2D eigenvalue weighted by Crippen LogP contribution is 2.25. The first-order chi connectivity index (χ1) is 14.8. The van der Waals surface area contributed by atoms with Crippen LogP contribution >= 0.6 is 11.8 Å². The van der Waals surface area contributed by atoms with Crippen molar-refractivity contribution in [1.82, 2.24) is 29.4 Å². The number of imide groups is 1. The van der Waals surface area contributed by atoms with Crippen molar-refractivity contribution < 1.29 is 18.0 Å². The van der Waals surface area contributed by atoms with Crippen LogP contribution in [0.3, 0.4) is 0 Å². The number of nitrogens with zero attached hydrogens (tertiary/aromatic N) is 5. The third-order valence-corrected chi connectivity index (χ3v) is 7.87. The average molecular weight is 468 g/mol. The maximum atomic E-state index is 12.8. The van der Waals surface area contributed by atoms with Crippen LogP contribution in [0.15, 0.2) is 34.3 Å². The summed E-state index contributed by atoms with van der Waals surface area (Å²) in [5.74, 6) is 6.81. The summed E-state index contributed by atoms with van der Waals surface area (Å²) in [4.78, 5) is 24.5. The van der Waals surface area contributed by atoms with E-state index in [2.05, 4.69) is 15.5 Å². The molecule has 3 N–H and O–H groups in total. The molecule has 0 bridgehead atoms. The summed E-state index contributed by atoms with van der Waals surface area (Å²) in [6, 6.07) is 6.07. The lowest BCUT2D eigenvalue weighted by molar-refractivity contribution is -0.124. The number of urea groups is 1. The second-order valence-corrected chi connectivity index (χ2v) is 9.70. The molecule has 1 aromatic heterocycles. The molecule has 31 heavy (non-hydrogen) atoms. The molecule has 3 amide bonds. The summed E-state index contributed by atoms with van der Waals surface area (Å²) in [7, 11) is -3.61. The van der Waals surface area contributed by atoms with Gasteiger partial charge in [-0.15, -0.1) is 10.2 Å². The lowest BCUT2D eigenvalue weighted by Crippen LogP contribution is -2.32. The van der Waals surface area contributed by atoms with Gasteiger partial charge in [0.05, 0.1) is 11.4 Å². The van der Waals surface area contributed by atoms with Gasteiger partial charge in [-0.2, -0.15) is 4.31 Å². The fraction of sp³-hybridized carbons (Fsp3) is 0.444. The van der Waals surface area contributed by atoms with Crippen molar-refractivity contribution in [2.45, 2.75) is 30.3 Å². The van der Waals surface area contributed by atoms with E-state index in [0.29, 0.717) is 48.4 Å². The Morgan fingerprint density at radius 1 is 1.23 bits per heavy atom. The molecule has 0 unspecified atom stereocenters. The molecule has 2 aromatic rings. The van der Waals surface area contributed by atoms with E-state index in [9.17, 15) is 18.0 Å². The van der Waals surface area contributed by atoms with Crippen LogP contribution in [0.4, 0.5) is 4.79 Å². The average Bonchev–Trinajstić information content (AvgIpc) is 3.28. The van der Waals surface area contributed by atoms with Crippen molar-refractivity contribution in [3.8, 4) is 11.4 Å². The number of sulfonamides is 1. The SMILES string of the molecule is CCN(CC)S(=O)(=O)c1cccc(-c2nnc(SCCCN3C(=O)CNC3=O)n2N)c1. The lowest BCUT2D eigenvalue weighted by atomic mass is 10.2. The van der Waals surface area contributed by atoms with Crippen molar-refractivity contribution in [1.29, 1.82) is 0 Å². The lowest BCUT2D eigenvalue weighted by Gasteiger charge is -2.18. The number of carbonyl (C=O) groups excluding carboxylic acids is 2. The van der Waals surface area contributed by atoms with Crippen molar-refractivity contribution >= 4 is 33.7 Å². The Morgan fingerprint density at radius 2 is 1.97 bits per heavy atom. The third kappa shape index (κ3) is 4.83. The Hall–Kier alpha value is -2.64. The predicted molar refractivity (Wildman–Crippen MR) is 116 cm³/mol. The van der Waals surface area contributed by atoms with Gasteiger partial charge in [-0.25, -0.2) is 17.9 Å². The first-order valence-electron chi connectivity index (χ1n) is 9.81. The van der Waals surface area contributed by atoms with Gasteiger partial charge in [0.2, 0.25) is 21.1 Å². The van der Waals surface area contributed by atoms with Crippen molar-refractivity contribution in [2.75, 3.05) is 37.8 Å². The monoisotopic (exact) mass is 467 g/mol. The van der Waals surface area contributed by atoms with Gasteiger partial charge in [-0.05, 0) is 18.6 Å². The summed E-state index contributed by atoms with van der Waals surface area (Å²) in [5.41, 5.74) is 0.536. The molecule has 13 heteroatoms. The van der Waals surface area contributed by atoms with E-state index in [-0.39, 0.29) is 23.4 Å². The summed E-state index contributed by atoms with van der Waals surface area (Å²) in [5, 5.41) is 11.1. The number of nitrogen functional groups attached to an aromatic ring is 1. The normalized spacial score (nSPS) is 14.5. The van der Waals surface area contributed by atoms with E-state index >= 15 is 0 Å². The highest BCUT2D eigenvalue weighted by Gasteiger charge is 2.27. The molecule has 1 aromatic carbocycles. The molecule has 1 aliphatic rings. The van der Waals surface area contributed by atoms with Gasteiger partial charge >= 0.3 is 6.03 Å². The number of thioether (sulfide) groups is 1. The number of rotatable bonds is 10. The van der Waals surface area contributed by atoms with Gasteiger partial charge in [-0.3, -0.25) is 9.69 Å². The van der Waals surface area contributed by atoms with E-state index in [1.807, 2.05) is 0 Å². The highest BCUT2D eigenvalue weighted by molar-refractivity contribution is 7.99. The van der Waals surface area contributed by atoms with Gasteiger partial charge in [-0.1, -0.05) is 37.7 Å². The zero-order chi connectivity index (χ0) is 22.6.